The molecule has 0 atom stereocenters. The van der Waals surface area contributed by atoms with Crippen LogP contribution in [0.15, 0.2) is 72.0 Å². The summed E-state index contributed by atoms with van der Waals surface area (Å²) in [6.07, 6.45) is 4.44. The molecule has 1 N–H and O–H groups in total. The minimum absolute atomic E-state index is 0.0252. The van der Waals surface area contributed by atoms with Crippen molar-refractivity contribution < 1.29 is 9.13 Å². The first-order chi connectivity index (χ1) is 16.0. The molecule has 7 nitrogen and oxygen atoms in total. The van der Waals surface area contributed by atoms with Gasteiger partial charge in [-0.3, -0.25) is 14.5 Å². The molecule has 0 unspecified atom stereocenters. The Balaban J connectivity index is 1.45. The van der Waals surface area contributed by atoms with Gasteiger partial charge in [-0.25, -0.2) is 14.4 Å². The Labute approximate surface area is 192 Å². The van der Waals surface area contributed by atoms with Gasteiger partial charge in [0.2, 0.25) is 0 Å². The predicted octanol–water partition coefficient (Wildman–Crippen LogP) is 5.12. The Morgan fingerprint density at radius 2 is 1.94 bits per heavy atom. The number of hydrogen-bond acceptors (Lipinski definition) is 5. The standard InChI is InChI=1S/C24H17ClFN5O2/c1-14-22-21(8-9-28-23(22)30-29-14)33-20-7-4-16(10-19(20)26)18-11-27-13-31(24(18)32)12-15-2-5-17(25)6-3-15/h2-11,13H,12H2,1H3,(H,28,29,30). The smallest absolute Gasteiger partial charge is 0.261 e. The summed E-state index contributed by atoms with van der Waals surface area (Å²) in [5, 5.41) is 8.22. The number of benzene rings is 2. The lowest BCUT2D eigenvalue weighted by molar-refractivity contribution is 0.446. The lowest BCUT2D eigenvalue weighted by atomic mass is 10.1. The molecule has 0 bridgehead atoms. The minimum atomic E-state index is -0.605. The number of nitrogens with zero attached hydrogens (tertiary/aromatic N) is 4. The number of aromatic nitrogens is 5. The first kappa shape index (κ1) is 20.8. The molecular weight excluding hydrogens is 445 g/mol. The highest BCUT2D eigenvalue weighted by Gasteiger charge is 2.15. The third kappa shape index (κ3) is 4.08. The fraction of sp³-hybridized carbons (Fsp3) is 0.0833. The molecule has 5 aromatic rings. The molecule has 3 heterocycles. The van der Waals surface area contributed by atoms with Crippen molar-refractivity contribution in [3.63, 3.8) is 0 Å². The van der Waals surface area contributed by atoms with E-state index in [1.807, 2.05) is 19.1 Å². The molecule has 0 spiro atoms. The van der Waals surface area contributed by atoms with Crippen molar-refractivity contribution in [2.24, 2.45) is 0 Å². The number of hydrogen-bond donors (Lipinski definition) is 1. The van der Waals surface area contributed by atoms with Crippen LogP contribution < -0.4 is 10.3 Å². The quantitative estimate of drug-likeness (QED) is 0.392. The number of H-pyrrole nitrogens is 1. The first-order valence-corrected chi connectivity index (χ1v) is 10.4. The predicted molar refractivity (Wildman–Crippen MR) is 123 cm³/mol. The van der Waals surface area contributed by atoms with Gasteiger partial charge in [0.05, 0.1) is 29.5 Å². The molecule has 0 saturated heterocycles. The molecule has 0 saturated carbocycles. The molecule has 33 heavy (non-hydrogen) atoms. The maximum Gasteiger partial charge on any atom is 0.261 e. The van der Waals surface area contributed by atoms with Gasteiger partial charge < -0.3 is 4.74 Å². The van der Waals surface area contributed by atoms with Crippen LogP contribution in [-0.4, -0.2) is 24.7 Å². The highest BCUT2D eigenvalue weighted by atomic mass is 35.5. The van der Waals surface area contributed by atoms with Crippen molar-refractivity contribution in [3.05, 3.63) is 99.7 Å². The topological polar surface area (TPSA) is 85.7 Å². The third-order valence-corrected chi connectivity index (χ3v) is 5.49. The molecule has 2 aromatic carbocycles. The van der Waals surface area contributed by atoms with Crippen molar-refractivity contribution in [1.29, 1.82) is 0 Å². The van der Waals surface area contributed by atoms with Crippen molar-refractivity contribution >= 4 is 22.6 Å². The second-order valence-electron chi connectivity index (χ2n) is 7.46. The molecular formula is C24H17ClFN5O2. The van der Waals surface area contributed by atoms with Crippen LogP contribution >= 0.6 is 11.6 Å². The Morgan fingerprint density at radius 1 is 1.12 bits per heavy atom. The molecule has 3 aromatic heterocycles. The minimum Gasteiger partial charge on any atom is -0.453 e. The van der Waals surface area contributed by atoms with Crippen LogP contribution in [0, 0.1) is 12.7 Å². The Bertz CT molecular complexity index is 1530. The van der Waals surface area contributed by atoms with Gasteiger partial charge >= 0.3 is 0 Å². The monoisotopic (exact) mass is 461 g/mol. The summed E-state index contributed by atoms with van der Waals surface area (Å²) >= 11 is 5.93. The van der Waals surface area contributed by atoms with Gasteiger partial charge in [0, 0.05) is 17.4 Å². The van der Waals surface area contributed by atoms with E-state index in [4.69, 9.17) is 16.3 Å². The summed E-state index contributed by atoms with van der Waals surface area (Å²) < 4.78 is 22.2. The Kier molecular flexibility index (Phi) is 5.35. The fourth-order valence-electron chi connectivity index (χ4n) is 3.57. The van der Waals surface area contributed by atoms with Crippen molar-refractivity contribution in [2.75, 3.05) is 0 Å². The number of aryl methyl sites for hydroxylation is 1. The highest BCUT2D eigenvalue weighted by molar-refractivity contribution is 6.30. The van der Waals surface area contributed by atoms with Crippen molar-refractivity contribution in [2.45, 2.75) is 13.5 Å². The van der Waals surface area contributed by atoms with Gasteiger partial charge in [-0.2, -0.15) is 5.10 Å². The van der Waals surface area contributed by atoms with E-state index < -0.39 is 5.82 Å². The van der Waals surface area contributed by atoms with E-state index >= 15 is 0 Å². The van der Waals surface area contributed by atoms with Gasteiger partial charge in [-0.15, -0.1) is 0 Å². The summed E-state index contributed by atoms with van der Waals surface area (Å²) in [6, 6.07) is 13.2. The highest BCUT2D eigenvalue weighted by Crippen LogP contribution is 2.32. The maximum atomic E-state index is 15.0. The SMILES string of the molecule is Cc1n[nH]c2nccc(Oc3ccc(-c4cncn(Cc5ccc(Cl)cc5)c4=O)cc3F)c12. The number of pyridine rings is 1. The van der Waals surface area contributed by atoms with E-state index in [-0.39, 0.29) is 16.9 Å². The molecule has 9 heteroatoms. The molecule has 0 aliphatic carbocycles. The lowest BCUT2D eigenvalue weighted by Gasteiger charge is -2.11. The van der Waals surface area contributed by atoms with Gasteiger partial charge in [0.25, 0.3) is 5.56 Å². The number of nitrogens with one attached hydrogen (secondary N) is 1. The zero-order valence-electron chi connectivity index (χ0n) is 17.4. The maximum absolute atomic E-state index is 15.0. The van der Waals surface area contributed by atoms with Crippen LogP contribution in [0.4, 0.5) is 4.39 Å². The van der Waals surface area contributed by atoms with Crippen LogP contribution in [0.1, 0.15) is 11.3 Å². The zero-order valence-corrected chi connectivity index (χ0v) is 18.2. The number of aromatic amines is 1. The second-order valence-corrected chi connectivity index (χ2v) is 7.89. The fourth-order valence-corrected chi connectivity index (χ4v) is 3.70. The first-order valence-electron chi connectivity index (χ1n) is 10.1. The van der Waals surface area contributed by atoms with E-state index in [0.717, 1.165) is 5.56 Å². The van der Waals surface area contributed by atoms with Crippen molar-refractivity contribution in [3.8, 4) is 22.6 Å². The van der Waals surface area contributed by atoms with E-state index in [2.05, 4.69) is 20.2 Å². The number of ether oxygens (including phenoxy) is 1. The van der Waals surface area contributed by atoms with Gasteiger partial charge in [0.1, 0.15) is 5.75 Å². The van der Waals surface area contributed by atoms with E-state index in [9.17, 15) is 9.18 Å². The lowest BCUT2D eigenvalue weighted by Crippen LogP contribution is -2.22. The zero-order chi connectivity index (χ0) is 22.9. The summed E-state index contributed by atoms with van der Waals surface area (Å²) in [5.41, 5.74) is 2.56. The third-order valence-electron chi connectivity index (χ3n) is 5.23. The summed E-state index contributed by atoms with van der Waals surface area (Å²) in [4.78, 5) is 21.4. The summed E-state index contributed by atoms with van der Waals surface area (Å²) in [6.45, 7) is 2.13. The van der Waals surface area contributed by atoms with E-state index in [1.54, 1.807) is 30.5 Å². The van der Waals surface area contributed by atoms with Crippen molar-refractivity contribution in [1.82, 2.24) is 24.7 Å². The van der Waals surface area contributed by atoms with E-state index in [0.29, 0.717) is 39.6 Å². The number of fused-ring (bicyclic) bond motifs is 1. The molecule has 0 radical (unpaired) electrons. The Hall–Kier alpha value is -4.04. The Morgan fingerprint density at radius 3 is 2.73 bits per heavy atom. The van der Waals surface area contributed by atoms with Crippen LogP contribution in [0.25, 0.3) is 22.2 Å². The molecule has 0 aliphatic heterocycles. The summed E-state index contributed by atoms with van der Waals surface area (Å²) in [7, 11) is 0. The van der Waals surface area contributed by atoms with Crippen LogP contribution in [0.2, 0.25) is 5.02 Å². The van der Waals surface area contributed by atoms with Gasteiger partial charge in [0.15, 0.2) is 17.2 Å². The second kappa shape index (κ2) is 8.48. The normalized spacial score (nSPS) is 11.1. The average Bonchev–Trinajstić information content (AvgIpc) is 3.20. The molecule has 5 rings (SSSR count). The van der Waals surface area contributed by atoms with E-state index in [1.165, 1.54) is 29.2 Å². The molecule has 164 valence electrons. The van der Waals surface area contributed by atoms with Crippen LogP contribution in [-0.2, 0) is 6.54 Å². The van der Waals surface area contributed by atoms with Crippen LogP contribution in [0.5, 0.6) is 11.5 Å². The molecule has 0 amide bonds. The average molecular weight is 462 g/mol. The largest absolute Gasteiger partial charge is 0.453 e. The molecule has 0 aliphatic rings. The summed E-state index contributed by atoms with van der Waals surface area (Å²) in [5.74, 6) is -0.145. The number of halogens is 2. The number of rotatable bonds is 5. The van der Waals surface area contributed by atoms with Gasteiger partial charge in [-0.05, 0) is 48.4 Å². The molecule has 0 fully saturated rings. The van der Waals surface area contributed by atoms with Gasteiger partial charge in [-0.1, -0.05) is 29.8 Å². The van der Waals surface area contributed by atoms with Crippen LogP contribution in [0.3, 0.4) is 0 Å².